The monoisotopic (exact) mass is 817 g/mol. The van der Waals surface area contributed by atoms with Crippen LogP contribution in [-0.4, -0.2) is 101 Å². The Bertz CT molecular complexity index is 1770. The molecule has 0 aromatic carbocycles. The van der Waals surface area contributed by atoms with Crippen LogP contribution in [0.4, 0.5) is 0 Å². The Morgan fingerprint density at radius 2 is 1.39 bits per heavy atom. The zero-order valence-corrected chi connectivity index (χ0v) is 37.8. The lowest BCUT2D eigenvalue weighted by atomic mass is 9.73. The number of nitrogens with zero attached hydrogens (tertiary/aromatic N) is 2. The lowest BCUT2D eigenvalue weighted by molar-refractivity contribution is -0.145. The van der Waals surface area contributed by atoms with Gasteiger partial charge in [-0.05, 0) is 101 Å². The highest BCUT2D eigenvalue weighted by Gasteiger charge is 2.85. The second-order valence-electron chi connectivity index (χ2n) is 21.8. The Labute approximate surface area is 342 Å². The predicted molar refractivity (Wildman–Crippen MR) is 221 cm³/mol. The molecule has 4 N–H and O–H groups in total. The molecule has 2 heterocycles. The molecule has 2 aliphatic heterocycles. The minimum absolute atomic E-state index is 0.0300. The summed E-state index contributed by atoms with van der Waals surface area (Å²) in [5, 5.41) is 9.06. The van der Waals surface area contributed by atoms with Crippen molar-refractivity contribution in [1.29, 1.82) is 0 Å². The molecule has 5 aliphatic rings. The largest absolute Gasteiger partial charge is 0.342 e. The SMILES string of the molecule is C=C[C@@H]1C[C@]1(NC(=O)[C@@H]1C[C@@]2(CN1C(=O)[C@@H](NC(=O)[C@@H](NC(=O)C1CCCCN1C(C)C)C(C)(C)C)C(C)(C)C)C(C)(C)C21CCC1)C(=O)NS(=O)(=O)C(C)(C)C. The van der Waals surface area contributed by atoms with E-state index in [0.717, 1.165) is 38.6 Å². The molecular weight excluding hydrogens is 745 g/mol. The lowest BCUT2D eigenvalue weighted by Crippen LogP contribution is -2.64. The number of rotatable bonds is 11. The first-order valence-corrected chi connectivity index (χ1v) is 22.6. The molecule has 13 nitrogen and oxygen atoms in total. The number of carbonyl (C=O) groups excluding carboxylic acids is 5. The van der Waals surface area contributed by atoms with Gasteiger partial charge in [-0.2, -0.15) is 0 Å². The van der Waals surface area contributed by atoms with Gasteiger partial charge in [-0.3, -0.25) is 33.6 Å². The summed E-state index contributed by atoms with van der Waals surface area (Å²) in [6, 6.07) is -3.17. The first-order chi connectivity index (χ1) is 25.9. The Morgan fingerprint density at radius 3 is 1.84 bits per heavy atom. The van der Waals surface area contributed by atoms with Gasteiger partial charge >= 0.3 is 0 Å². The van der Waals surface area contributed by atoms with Gasteiger partial charge in [0.1, 0.15) is 23.7 Å². The fraction of sp³-hybridized carbons (Fsp3) is 0.837. The summed E-state index contributed by atoms with van der Waals surface area (Å²) >= 11 is 0. The minimum atomic E-state index is -4.08. The molecule has 7 atom stereocenters. The molecule has 0 bridgehead atoms. The zero-order chi connectivity index (χ0) is 43.1. The van der Waals surface area contributed by atoms with Crippen molar-refractivity contribution >= 4 is 39.6 Å². The number of hydrogen-bond donors (Lipinski definition) is 4. The fourth-order valence-corrected chi connectivity index (χ4v) is 11.3. The molecule has 2 saturated heterocycles. The van der Waals surface area contributed by atoms with Crippen molar-refractivity contribution in [3.05, 3.63) is 12.7 Å². The van der Waals surface area contributed by atoms with Crippen LogP contribution in [0.2, 0.25) is 0 Å². The van der Waals surface area contributed by atoms with Crippen LogP contribution in [0, 0.1) is 33.0 Å². The average molecular weight is 817 g/mol. The molecular formula is C43H72N6O7S. The van der Waals surface area contributed by atoms with E-state index in [1.165, 1.54) is 20.8 Å². The quantitative estimate of drug-likeness (QED) is 0.222. The second kappa shape index (κ2) is 14.6. The maximum absolute atomic E-state index is 15.1. The summed E-state index contributed by atoms with van der Waals surface area (Å²) in [7, 11) is -4.08. The maximum atomic E-state index is 15.1. The van der Waals surface area contributed by atoms with Crippen LogP contribution in [0.1, 0.15) is 141 Å². The van der Waals surface area contributed by atoms with Crippen molar-refractivity contribution in [2.24, 2.45) is 33.0 Å². The summed E-state index contributed by atoms with van der Waals surface area (Å²) in [5.41, 5.74) is -3.56. The molecule has 5 fully saturated rings. The highest BCUT2D eigenvalue weighted by Crippen LogP contribution is 2.88. The Morgan fingerprint density at radius 1 is 0.789 bits per heavy atom. The Hall–Kier alpha value is -3.00. The van der Waals surface area contributed by atoms with Crippen molar-refractivity contribution in [2.45, 2.75) is 182 Å². The van der Waals surface area contributed by atoms with E-state index in [1.807, 2.05) is 41.5 Å². The molecule has 57 heavy (non-hydrogen) atoms. The number of hydrogen-bond acceptors (Lipinski definition) is 8. The number of amides is 5. The molecule has 322 valence electrons. The normalized spacial score (nSPS) is 30.6. The van der Waals surface area contributed by atoms with Crippen LogP contribution in [0.15, 0.2) is 12.7 Å². The van der Waals surface area contributed by atoms with Crippen molar-refractivity contribution in [3.63, 3.8) is 0 Å². The van der Waals surface area contributed by atoms with Crippen molar-refractivity contribution in [1.82, 2.24) is 30.5 Å². The van der Waals surface area contributed by atoms with Gasteiger partial charge in [0, 0.05) is 23.9 Å². The van der Waals surface area contributed by atoms with E-state index in [4.69, 9.17) is 0 Å². The van der Waals surface area contributed by atoms with Gasteiger partial charge in [-0.1, -0.05) is 74.3 Å². The third-order valence-corrected chi connectivity index (χ3v) is 16.9. The van der Waals surface area contributed by atoms with Crippen molar-refractivity contribution in [3.8, 4) is 0 Å². The number of likely N-dealkylation sites (tertiary alicyclic amines) is 2. The second-order valence-corrected chi connectivity index (χ2v) is 24.3. The van der Waals surface area contributed by atoms with E-state index in [0.29, 0.717) is 19.4 Å². The van der Waals surface area contributed by atoms with Crippen LogP contribution < -0.4 is 20.7 Å². The van der Waals surface area contributed by atoms with Gasteiger partial charge in [0.2, 0.25) is 33.7 Å². The van der Waals surface area contributed by atoms with Crippen molar-refractivity contribution in [2.75, 3.05) is 13.1 Å². The summed E-state index contributed by atoms with van der Waals surface area (Å²) in [4.78, 5) is 75.7. The van der Waals surface area contributed by atoms with Gasteiger partial charge in [0.15, 0.2) is 0 Å². The molecule has 1 unspecified atom stereocenters. The van der Waals surface area contributed by atoms with E-state index >= 15 is 4.79 Å². The van der Waals surface area contributed by atoms with E-state index in [1.54, 1.807) is 11.0 Å². The maximum Gasteiger partial charge on any atom is 0.259 e. The molecule has 0 radical (unpaired) electrons. The van der Waals surface area contributed by atoms with Crippen LogP contribution in [0.3, 0.4) is 0 Å². The van der Waals surface area contributed by atoms with Crippen LogP contribution in [-0.2, 0) is 34.0 Å². The number of sulfonamides is 1. The van der Waals surface area contributed by atoms with Gasteiger partial charge in [-0.15, -0.1) is 6.58 Å². The number of piperidine rings is 1. The molecule has 5 amide bonds. The third-order valence-electron chi connectivity index (χ3n) is 14.8. The number of fused-ring (bicyclic) bond motifs is 1. The standard InChI is InChI=1S/C43H72N6O7S/c1-15-27-23-43(27,36(54)47-57(55,56)39(10,11)12)46-33(51)29-24-42(40(13,14)41(42)20-18-21-41)25-49(29)35(53)31(38(7,8)9)45-34(52)30(37(4,5)6)44-32(50)28-19-16-17-22-48(28)26(2)3/h15,26-31H,1,16-25H2,2-14H3,(H,44,50)(H,45,52)(H,46,51)(H,47,54)/t27-,28?,29+,30-,31-,42-,43-/m1/s1. The highest BCUT2D eigenvalue weighted by atomic mass is 32.2. The number of nitrogens with one attached hydrogen (secondary N) is 4. The lowest BCUT2D eigenvalue weighted by Gasteiger charge is -2.40. The van der Waals surface area contributed by atoms with Crippen molar-refractivity contribution < 1.29 is 32.4 Å². The summed E-state index contributed by atoms with van der Waals surface area (Å²) < 4.78 is 27.0. The van der Waals surface area contributed by atoms with E-state index < -0.39 is 78.8 Å². The highest BCUT2D eigenvalue weighted by molar-refractivity contribution is 7.91. The van der Waals surface area contributed by atoms with Crippen LogP contribution >= 0.6 is 0 Å². The minimum Gasteiger partial charge on any atom is -0.342 e. The molecule has 3 saturated carbocycles. The molecule has 0 aromatic rings. The zero-order valence-electron chi connectivity index (χ0n) is 37.0. The predicted octanol–water partition coefficient (Wildman–Crippen LogP) is 4.41. The summed E-state index contributed by atoms with van der Waals surface area (Å²) in [6.07, 6.45) is 7.79. The molecule has 14 heteroatoms. The summed E-state index contributed by atoms with van der Waals surface area (Å²) in [6.45, 7) is 29.2. The van der Waals surface area contributed by atoms with Gasteiger partial charge in [0.25, 0.3) is 5.91 Å². The molecule has 3 aliphatic carbocycles. The third kappa shape index (κ3) is 7.56. The summed E-state index contributed by atoms with van der Waals surface area (Å²) in [5.74, 6) is -2.96. The number of carbonyl (C=O) groups is 5. The van der Waals surface area contributed by atoms with Gasteiger partial charge < -0.3 is 20.9 Å². The molecule has 5 rings (SSSR count). The van der Waals surface area contributed by atoms with Crippen LogP contribution in [0.25, 0.3) is 0 Å². The Balaban J connectivity index is 1.44. The van der Waals surface area contributed by atoms with Gasteiger partial charge in [-0.25, -0.2) is 8.42 Å². The first-order valence-electron chi connectivity index (χ1n) is 21.1. The fourth-order valence-electron chi connectivity index (χ4n) is 10.6. The average Bonchev–Trinajstić information content (AvgIpc) is 3.78. The van der Waals surface area contributed by atoms with E-state index in [9.17, 15) is 27.6 Å². The smallest absolute Gasteiger partial charge is 0.259 e. The molecule has 0 aromatic heterocycles. The van der Waals surface area contributed by atoms with E-state index in [-0.39, 0.29) is 40.7 Å². The van der Waals surface area contributed by atoms with Crippen LogP contribution in [0.5, 0.6) is 0 Å². The van der Waals surface area contributed by atoms with Gasteiger partial charge in [0.05, 0.1) is 10.8 Å². The topological polar surface area (TPSA) is 174 Å². The Kier molecular flexibility index (Phi) is 11.6. The first kappa shape index (κ1) is 45.1. The molecule has 2 spiro atoms. The van der Waals surface area contributed by atoms with E-state index in [2.05, 4.69) is 59.8 Å².